The number of rotatable bonds is 10. The zero-order valence-electron chi connectivity index (χ0n) is 18.1. The van der Waals surface area contributed by atoms with Crippen molar-refractivity contribution in [2.75, 3.05) is 26.8 Å². The summed E-state index contributed by atoms with van der Waals surface area (Å²) in [5, 5.41) is 7.56. The van der Waals surface area contributed by atoms with E-state index >= 15 is 0 Å². The van der Waals surface area contributed by atoms with Crippen LogP contribution in [-0.2, 0) is 22.5 Å². The molecule has 1 aromatic carbocycles. The summed E-state index contributed by atoms with van der Waals surface area (Å²) in [5.74, 6) is 0.403. The molecular weight excluding hydrogens is 414 g/mol. The second-order valence-corrected chi connectivity index (χ2v) is 8.40. The number of thiophene rings is 1. The van der Waals surface area contributed by atoms with E-state index in [9.17, 15) is 9.59 Å². The highest BCUT2D eigenvalue weighted by atomic mass is 32.1. The number of ether oxygens (including phenoxy) is 2. The lowest BCUT2D eigenvalue weighted by Crippen LogP contribution is -2.48. The van der Waals surface area contributed by atoms with Gasteiger partial charge in [0.25, 0.3) is 0 Å². The molecule has 1 aliphatic rings. The summed E-state index contributed by atoms with van der Waals surface area (Å²) in [4.78, 5) is 28.0. The minimum Gasteiger partial charge on any atom is -0.497 e. The van der Waals surface area contributed by atoms with E-state index < -0.39 is 5.97 Å². The fourth-order valence-electron chi connectivity index (χ4n) is 3.47. The Labute approximate surface area is 187 Å². The number of hydrogen-bond donors (Lipinski definition) is 2. The van der Waals surface area contributed by atoms with E-state index in [2.05, 4.69) is 40.0 Å². The molecule has 8 heteroatoms. The lowest BCUT2D eigenvalue weighted by Gasteiger charge is -2.32. The first-order valence-electron chi connectivity index (χ1n) is 10.3. The molecule has 3 rings (SSSR count). The van der Waals surface area contributed by atoms with Crippen LogP contribution in [0.4, 0.5) is 4.79 Å². The summed E-state index contributed by atoms with van der Waals surface area (Å²) in [6.45, 7) is 5.48. The molecule has 31 heavy (non-hydrogen) atoms. The Hall–Kier alpha value is -2.84. The molecule has 0 radical (unpaired) electrons. The first kappa shape index (κ1) is 22.8. The molecule has 0 aliphatic carbocycles. The Bertz CT molecular complexity index is 909. The lowest BCUT2D eigenvalue weighted by molar-refractivity contribution is -0.138. The van der Waals surface area contributed by atoms with Gasteiger partial charge in [-0.05, 0) is 49.4 Å². The summed E-state index contributed by atoms with van der Waals surface area (Å²) in [6, 6.07) is 12.0. The van der Waals surface area contributed by atoms with Crippen LogP contribution in [0.15, 0.2) is 53.0 Å². The van der Waals surface area contributed by atoms with Gasteiger partial charge in [0.2, 0.25) is 0 Å². The maximum absolute atomic E-state index is 12.4. The van der Waals surface area contributed by atoms with Gasteiger partial charge >= 0.3 is 12.0 Å². The van der Waals surface area contributed by atoms with Gasteiger partial charge in [-0.3, -0.25) is 4.90 Å². The third kappa shape index (κ3) is 6.32. The van der Waals surface area contributed by atoms with Crippen LogP contribution in [0.5, 0.6) is 5.75 Å². The highest BCUT2D eigenvalue weighted by Crippen LogP contribution is 2.20. The number of benzene rings is 1. The highest BCUT2D eigenvalue weighted by Gasteiger charge is 2.26. The number of nitrogens with one attached hydrogen (secondary N) is 2. The van der Waals surface area contributed by atoms with E-state index in [1.54, 1.807) is 25.4 Å². The van der Waals surface area contributed by atoms with Gasteiger partial charge in [-0.15, -0.1) is 11.3 Å². The maximum atomic E-state index is 12.4. The fourth-order valence-corrected chi connectivity index (χ4v) is 4.29. The van der Waals surface area contributed by atoms with Crippen molar-refractivity contribution in [3.8, 4) is 5.75 Å². The maximum Gasteiger partial charge on any atom is 0.337 e. The van der Waals surface area contributed by atoms with Crippen molar-refractivity contribution in [1.29, 1.82) is 0 Å². The standard InChI is InChI=1S/C23H29N3O4S/c1-4-30-22(27)20-13-24-23(28)25-21(20)15-26(16(2)12-19-6-5-11-31-19)14-17-7-9-18(29-3)10-8-17/h5-11,16H,4,12-15H2,1-3H3,(H2,24,25,28). The largest absolute Gasteiger partial charge is 0.497 e. The van der Waals surface area contributed by atoms with Crippen molar-refractivity contribution in [2.24, 2.45) is 0 Å². The Kier molecular flexibility index (Phi) is 8.08. The van der Waals surface area contributed by atoms with Gasteiger partial charge in [0.1, 0.15) is 5.75 Å². The minimum atomic E-state index is -0.402. The number of nitrogens with zero attached hydrogens (tertiary/aromatic N) is 1. The molecule has 166 valence electrons. The van der Waals surface area contributed by atoms with Crippen LogP contribution >= 0.6 is 11.3 Å². The molecule has 1 atom stereocenters. The van der Waals surface area contributed by atoms with Gasteiger partial charge < -0.3 is 20.1 Å². The van der Waals surface area contributed by atoms with Gasteiger partial charge in [0.15, 0.2) is 0 Å². The zero-order valence-corrected chi connectivity index (χ0v) is 19.0. The number of hydrogen-bond acceptors (Lipinski definition) is 6. The van der Waals surface area contributed by atoms with Crippen LogP contribution < -0.4 is 15.4 Å². The van der Waals surface area contributed by atoms with Crippen molar-refractivity contribution >= 4 is 23.3 Å². The number of urea groups is 1. The third-order valence-corrected chi connectivity index (χ3v) is 6.08. The Balaban J connectivity index is 1.85. The second-order valence-electron chi connectivity index (χ2n) is 7.37. The van der Waals surface area contributed by atoms with Crippen LogP contribution in [-0.4, -0.2) is 49.7 Å². The Morgan fingerprint density at radius 1 is 1.23 bits per heavy atom. The molecule has 0 fully saturated rings. The normalized spacial score (nSPS) is 14.8. The van der Waals surface area contributed by atoms with Crippen LogP contribution in [0.1, 0.15) is 24.3 Å². The number of esters is 1. The van der Waals surface area contributed by atoms with E-state index in [-0.39, 0.29) is 25.2 Å². The molecule has 2 heterocycles. The van der Waals surface area contributed by atoms with E-state index in [4.69, 9.17) is 9.47 Å². The fraction of sp³-hybridized carbons (Fsp3) is 0.391. The summed E-state index contributed by atoms with van der Waals surface area (Å²) in [6.07, 6.45) is 0.877. The van der Waals surface area contributed by atoms with E-state index in [1.807, 2.05) is 24.3 Å². The SMILES string of the molecule is CCOC(=O)C1=C(CN(Cc2ccc(OC)cc2)C(C)Cc2cccs2)NC(=O)NC1. The van der Waals surface area contributed by atoms with Crippen LogP contribution in [0.3, 0.4) is 0 Å². The minimum absolute atomic E-state index is 0.162. The van der Waals surface area contributed by atoms with Crippen molar-refractivity contribution in [3.05, 3.63) is 63.5 Å². The average molecular weight is 444 g/mol. The predicted molar refractivity (Wildman–Crippen MR) is 121 cm³/mol. The van der Waals surface area contributed by atoms with E-state index in [0.717, 1.165) is 17.7 Å². The summed E-state index contributed by atoms with van der Waals surface area (Å²) in [5.41, 5.74) is 2.18. The van der Waals surface area contributed by atoms with Gasteiger partial charge in [-0.1, -0.05) is 18.2 Å². The van der Waals surface area contributed by atoms with E-state index in [1.165, 1.54) is 4.88 Å². The molecule has 0 spiro atoms. The van der Waals surface area contributed by atoms with Crippen LogP contribution in [0, 0.1) is 0 Å². The number of methoxy groups -OCH3 is 1. The van der Waals surface area contributed by atoms with Gasteiger partial charge in [-0.25, -0.2) is 9.59 Å². The summed E-state index contributed by atoms with van der Waals surface area (Å²) >= 11 is 1.73. The zero-order chi connectivity index (χ0) is 22.2. The molecule has 1 aliphatic heterocycles. The molecular formula is C23H29N3O4S. The first-order chi connectivity index (χ1) is 15.0. The van der Waals surface area contributed by atoms with Crippen LogP contribution in [0.2, 0.25) is 0 Å². The summed E-state index contributed by atoms with van der Waals surface area (Å²) in [7, 11) is 1.65. The monoisotopic (exact) mass is 443 g/mol. The topological polar surface area (TPSA) is 79.9 Å². The van der Waals surface area contributed by atoms with Crippen molar-refractivity contribution in [1.82, 2.24) is 15.5 Å². The molecule has 0 bridgehead atoms. The molecule has 7 nitrogen and oxygen atoms in total. The van der Waals surface area contributed by atoms with Crippen LogP contribution in [0.25, 0.3) is 0 Å². The molecule has 2 aromatic rings. The Morgan fingerprint density at radius 3 is 2.65 bits per heavy atom. The molecule has 2 N–H and O–H groups in total. The van der Waals surface area contributed by atoms with Crippen molar-refractivity contribution in [3.63, 3.8) is 0 Å². The first-order valence-corrected chi connectivity index (χ1v) is 11.2. The number of carbonyl (C=O) groups excluding carboxylic acids is 2. The molecule has 1 unspecified atom stereocenters. The summed E-state index contributed by atoms with van der Waals surface area (Å²) < 4.78 is 10.5. The van der Waals surface area contributed by atoms with Gasteiger partial charge in [-0.2, -0.15) is 0 Å². The second kappa shape index (κ2) is 11.0. The molecule has 0 saturated heterocycles. The third-order valence-electron chi connectivity index (χ3n) is 5.18. The van der Waals surface area contributed by atoms with Crippen molar-refractivity contribution < 1.29 is 19.1 Å². The smallest absolute Gasteiger partial charge is 0.337 e. The van der Waals surface area contributed by atoms with Gasteiger partial charge in [0, 0.05) is 29.7 Å². The Morgan fingerprint density at radius 2 is 2.00 bits per heavy atom. The van der Waals surface area contributed by atoms with Gasteiger partial charge in [0.05, 0.1) is 25.8 Å². The van der Waals surface area contributed by atoms with E-state index in [0.29, 0.717) is 24.4 Å². The molecule has 1 aromatic heterocycles. The van der Waals surface area contributed by atoms with Crippen molar-refractivity contribution in [2.45, 2.75) is 32.9 Å². The number of amides is 2. The number of carbonyl (C=O) groups is 2. The quantitative estimate of drug-likeness (QED) is 0.551. The predicted octanol–water partition coefficient (Wildman–Crippen LogP) is 3.32. The average Bonchev–Trinajstić information content (AvgIpc) is 3.27. The molecule has 0 saturated carbocycles. The molecule has 2 amide bonds. The highest BCUT2D eigenvalue weighted by molar-refractivity contribution is 7.09. The lowest BCUT2D eigenvalue weighted by atomic mass is 10.1.